The molecule has 7 unspecified atom stereocenters. The molecule has 1 saturated heterocycles. The summed E-state index contributed by atoms with van der Waals surface area (Å²) in [4.78, 5) is 71.5. The molecule has 8 N–H and O–H groups in total. The molecule has 4 aliphatic heterocycles. The highest BCUT2D eigenvalue weighted by Crippen LogP contribution is 2.43. The summed E-state index contributed by atoms with van der Waals surface area (Å²) < 4.78 is 40.7. The first-order valence-electron chi connectivity index (χ1n) is 21.7. The average molecular weight is 947 g/mol. The summed E-state index contributed by atoms with van der Waals surface area (Å²) in [5.74, 6) is -2.30. The Balaban J connectivity index is 0.931. The van der Waals surface area contributed by atoms with Crippen LogP contribution >= 0.6 is 12.2 Å². The van der Waals surface area contributed by atoms with Gasteiger partial charge in [0.1, 0.15) is 49.4 Å². The van der Waals surface area contributed by atoms with Crippen LogP contribution in [0.4, 0.5) is 5.69 Å². The van der Waals surface area contributed by atoms with Crippen LogP contribution in [0.2, 0.25) is 0 Å². The number of carboxylic acids is 1. The molecule has 4 aromatic rings. The Morgan fingerprint density at radius 3 is 2.49 bits per heavy atom. The quantitative estimate of drug-likeness (QED) is 0.0421. The predicted octanol–water partition coefficient (Wildman–Crippen LogP) is 1.66. The lowest BCUT2D eigenvalue weighted by Gasteiger charge is -2.40. The Labute approximate surface area is 387 Å². The number of thiocarbonyl (C=S) groups is 1. The predicted molar refractivity (Wildman–Crippen MR) is 239 cm³/mol. The number of nitrogens with two attached hydrogens (primary N) is 1. The number of pyridine rings is 2. The maximum absolute atomic E-state index is 14.1. The standard InChI is InChI=1S/C45H50N6O15S/c1-4-45(28-15-31-35-24(17-51(31)40(57)27(28)18-61-43(45)59)13-23-14-32-33(63-20-62-32)16-30(23)49-35)66-41(58)21(2)47-39(56)29(7-5-6-12-46)50-44(67)48-25-8-10-26(11-9-25)65-42-37(55)38(60-19-34(52)53)36(54)22(3)64-42/h8-11,13-16,21-22,29,36-38,42,54-55H,4-7,12,17-20,46H2,1-3H3,(H,47,56)(H,52,53)(H2,48,50,67)/t21?,22?,29-,36?,37?,38?,42?,45?/m0/s1. The molecular weight excluding hydrogens is 897 g/mol. The summed E-state index contributed by atoms with van der Waals surface area (Å²) in [6.07, 6.45) is -4.91. The van der Waals surface area contributed by atoms with Crippen molar-refractivity contribution in [3.05, 3.63) is 75.6 Å². The molecular formula is C45H50N6O15S. The summed E-state index contributed by atoms with van der Waals surface area (Å²) in [5.41, 5.74) is 6.47. The van der Waals surface area contributed by atoms with E-state index in [9.17, 15) is 34.2 Å². The smallest absolute Gasteiger partial charge is 0.355 e. The summed E-state index contributed by atoms with van der Waals surface area (Å²) in [5, 5.41) is 39.6. The van der Waals surface area contributed by atoms with E-state index < -0.39 is 84.4 Å². The molecule has 67 heavy (non-hydrogen) atoms. The van der Waals surface area contributed by atoms with Crippen molar-refractivity contribution in [3.8, 4) is 28.6 Å². The number of fused-ring (bicyclic) bond motifs is 6. The van der Waals surface area contributed by atoms with Crippen LogP contribution in [-0.4, -0.2) is 117 Å². The monoisotopic (exact) mass is 946 g/mol. The lowest BCUT2D eigenvalue weighted by atomic mass is 9.85. The summed E-state index contributed by atoms with van der Waals surface area (Å²) in [6, 6.07) is 11.2. The summed E-state index contributed by atoms with van der Waals surface area (Å²) in [7, 11) is 0. The molecule has 8 rings (SSSR count). The number of aliphatic carboxylic acids is 1. The van der Waals surface area contributed by atoms with E-state index in [1.807, 2.05) is 12.1 Å². The van der Waals surface area contributed by atoms with E-state index in [0.29, 0.717) is 53.5 Å². The number of aliphatic hydroxyl groups excluding tert-OH is 2. The fourth-order valence-corrected chi connectivity index (χ4v) is 8.72. The van der Waals surface area contributed by atoms with Gasteiger partial charge in [-0.3, -0.25) is 9.59 Å². The van der Waals surface area contributed by atoms with Gasteiger partial charge in [0.05, 0.1) is 35.1 Å². The largest absolute Gasteiger partial charge is 0.480 e. The summed E-state index contributed by atoms with van der Waals surface area (Å²) >= 11 is 5.56. The zero-order valence-corrected chi connectivity index (χ0v) is 37.5. The SMILES string of the molecule is CCC1(OC(=O)C(C)NC(=O)[C@H](CCCCN)NC(=S)Nc2ccc(OC3OC(C)C(O)C(OCC(=O)O)C3O)cc2)C(=O)OCc2c1cc1n(c2=O)Cc2cc3cc4c(cc3nc2-1)OCO4. The number of unbranched alkanes of at least 4 members (excludes halogenated alkanes) is 1. The van der Waals surface area contributed by atoms with Crippen LogP contribution in [-0.2, 0) is 56.9 Å². The van der Waals surface area contributed by atoms with Crippen molar-refractivity contribution in [3.63, 3.8) is 0 Å². The number of aliphatic hydroxyl groups is 2. The zero-order chi connectivity index (χ0) is 47.7. The highest BCUT2D eigenvalue weighted by molar-refractivity contribution is 7.80. The molecule has 4 aliphatic rings. The lowest BCUT2D eigenvalue weighted by Crippen LogP contribution is -2.59. The molecule has 0 aliphatic carbocycles. The van der Waals surface area contributed by atoms with Gasteiger partial charge in [-0.25, -0.2) is 19.4 Å². The highest BCUT2D eigenvalue weighted by Gasteiger charge is 2.51. The van der Waals surface area contributed by atoms with E-state index in [-0.39, 0.29) is 54.8 Å². The minimum absolute atomic E-state index is 0.0599. The van der Waals surface area contributed by atoms with Gasteiger partial charge in [0.15, 0.2) is 16.6 Å². The third-order valence-corrected chi connectivity index (χ3v) is 12.3. The Hall–Kier alpha value is -6.43. The molecule has 2 aromatic heterocycles. The molecule has 22 heteroatoms. The van der Waals surface area contributed by atoms with Crippen molar-refractivity contribution in [2.75, 3.05) is 25.3 Å². The average Bonchev–Trinajstić information content (AvgIpc) is 3.91. The van der Waals surface area contributed by atoms with Crippen LogP contribution in [0.15, 0.2) is 53.3 Å². The number of amides is 1. The Morgan fingerprint density at radius 1 is 1.03 bits per heavy atom. The molecule has 2 aromatic carbocycles. The molecule has 356 valence electrons. The van der Waals surface area contributed by atoms with Gasteiger partial charge in [0.25, 0.3) is 5.56 Å². The van der Waals surface area contributed by atoms with Crippen LogP contribution in [0.5, 0.6) is 17.2 Å². The number of nitrogens with zero attached hydrogens (tertiary/aromatic N) is 2. The van der Waals surface area contributed by atoms with E-state index in [2.05, 4.69) is 16.0 Å². The molecule has 1 fully saturated rings. The second kappa shape index (κ2) is 19.4. The number of ether oxygens (including phenoxy) is 7. The topological polar surface area (TPSA) is 291 Å². The van der Waals surface area contributed by atoms with Gasteiger partial charge in [0.2, 0.25) is 24.6 Å². The van der Waals surface area contributed by atoms with Crippen LogP contribution in [0, 0.1) is 0 Å². The minimum Gasteiger partial charge on any atom is -0.480 e. The van der Waals surface area contributed by atoms with Crippen molar-refractivity contribution in [1.82, 2.24) is 20.2 Å². The molecule has 21 nitrogen and oxygen atoms in total. The second-order valence-corrected chi connectivity index (χ2v) is 17.0. The third-order valence-electron chi connectivity index (χ3n) is 12.1. The summed E-state index contributed by atoms with van der Waals surface area (Å²) in [6.45, 7) is 4.19. The van der Waals surface area contributed by atoms with Gasteiger partial charge in [-0.1, -0.05) is 6.92 Å². The van der Waals surface area contributed by atoms with Crippen molar-refractivity contribution in [1.29, 1.82) is 0 Å². The van der Waals surface area contributed by atoms with Gasteiger partial charge >= 0.3 is 17.9 Å². The minimum atomic E-state index is -2.02. The normalized spacial score (nSPS) is 23.2. The van der Waals surface area contributed by atoms with Crippen molar-refractivity contribution >= 4 is 57.7 Å². The number of benzene rings is 2. The highest BCUT2D eigenvalue weighted by atomic mass is 32.1. The Morgan fingerprint density at radius 2 is 1.78 bits per heavy atom. The van der Waals surface area contributed by atoms with Crippen molar-refractivity contribution in [2.45, 2.75) is 108 Å². The first-order valence-corrected chi connectivity index (χ1v) is 22.1. The van der Waals surface area contributed by atoms with Gasteiger partial charge in [0, 0.05) is 28.3 Å². The molecule has 0 spiro atoms. The molecule has 0 radical (unpaired) electrons. The van der Waals surface area contributed by atoms with Crippen molar-refractivity contribution < 1.29 is 67.7 Å². The maximum Gasteiger partial charge on any atom is 0.355 e. The van der Waals surface area contributed by atoms with E-state index >= 15 is 0 Å². The number of carbonyl (C=O) groups is 4. The van der Waals surface area contributed by atoms with Gasteiger partial charge in [-0.15, -0.1) is 0 Å². The number of rotatable bonds is 16. The van der Waals surface area contributed by atoms with Gasteiger partial charge in [-0.05, 0) is 101 Å². The second-order valence-electron chi connectivity index (χ2n) is 16.6. The van der Waals surface area contributed by atoms with Gasteiger partial charge < -0.3 is 74.7 Å². The Kier molecular flexibility index (Phi) is 13.6. The van der Waals surface area contributed by atoms with Gasteiger partial charge in [-0.2, -0.15) is 0 Å². The van der Waals surface area contributed by atoms with Crippen molar-refractivity contribution in [2.24, 2.45) is 5.73 Å². The number of esters is 2. The van der Waals surface area contributed by atoms with Crippen LogP contribution in [0.3, 0.4) is 0 Å². The molecule has 1 amide bonds. The first kappa shape index (κ1) is 47.1. The number of aromatic nitrogens is 2. The van der Waals surface area contributed by atoms with Crippen LogP contribution in [0.1, 0.15) is 63.1 Å². The van der Waals surface area contributed by atoms with E-state index in [4.69, 9.17) is 61.2 Å². The van der Waals surface area contributed by atoms with Crippen LogP contribution in [0.25, 0.3) is 22.3 Å². The van der Waals surface area contributed by atoms with E-state index in [1.54, 1.807) is 47.9 Å². The fourth-order valence-electron chi connectivity index (χ4n) is 8.46. The number of carbonyl (C=O) groups excluding carboxylic acids is 3. The number of anilines is 1. The molecule has 0 bridgehead atoms. The molecule has 0 saturated carbocycles. The molecule has 6 heterocycles. The van der Waals surface area contributed by atoms with E-state index in [0.717, 1.165) is 10.9 Å². The Bertz CT molecular complexity index is 2660. The number of nitrogens with one attached hydrogen (secondary N) is 3. The number of hydrogen-bond donors (Lipinski definition) is 7. The maximum atomic E-state index is 14.1. The number of hydrogen-bond acceptors (Lipinski definition) is 17. The lowest BCUT2D eigenvalue weighted by molar-refractivity contribution is -0.276. The number of carboxylic acid groups (broad SMARTS) is 1. The zero-order valence-electron chi connectivity index (χ0n) is 36.6. The molecule has 8 atom stereocenters. The first-order chi connectivity index (χ1) is 32.1. The fraction of sp³-hybridized carbons (Fsp3) is 0.444. The third kappa shape index (κ3) is 9.45. The van der Waals surface area contributed by atoms with Crippen LogP contribution < -0.4 is 41.5 Å². The van der Waals surface area contributed by atoms with E-state index in [1.165, 1.54) is 13.8 Å². The number of cyclic esters (lactones) is 1.